The molecule has 1 fully saturated rings. The van der Waals surface area contributed by atoms with Gasteiger partial charge in [-0.3, -0.25) is 4.90 Å². The van der Waals surface area contributed by atoms with Crippen LogP contribution in [0, 0.1) is 11.6 Å². The number of piperidine rings is 1. The molecule has 152 valence electrons. The molecule has 1 unspecified atom stereocenters. The molecule has 0 amide bonds. The van der Waals surface area contributed by atoms with Gasteiger partial charge in [-0.25, -0.2) is 8.78 Å². The normalized spacial score (nSPS) is 17.5. The van der Waals surface area contributed by atoms with Crippen LogP contribution >= 0.6 is 0 Å². The first-order chi connectivity index (χ1) is 14.7. The monoisotopic (exact) mass is 402 g/mol. The first-order valence-corrected chi connectivity index (χ1v) is 10.5. The average molecular weight is 402 g/mol. The fourth-order valence-electron chi connectivity index (χ4n) is 4.74. The van der Waals surface area contributed by atoms with E-state index >= 15 is 0 Å². The summed E-state index contributed by atoms with van der Waals surface area (Å²) in [5.41, 5.74) is 5.24. The predicted octanol–water partition coefficient (Wildman–Crippen LogP) is 6.49. The lowest BCUT2D eigenvalue weighted by atomic mass is 9.87. The average Bonchev–Trinajstić information content (AvgIpc) is 3.13. The SMILES string of the molecule is Fc1ccc(-c2[nH]c3cc(F)ccc3c2C2CCCN(Cc3ccccc3)C2)cc1. The third kappa shape index (κ3) is 3.75. The minimum absolute atomic E-state index is 0.254. The maximum atomic E-state index is 13.9. The predicted molar refractivity (Wildman–Crippen MR) is 117 cm³/mol. The van der Waals surface area contributed by atoms with Crippen molar-refractivity contribution >= 4 is 10.9 Å². The first-order valence-electron chi connectivity index (χ1n) is 10.5. The lowest BCUT2D eigenvalue weighted by Crippen LogP contribution is -2.34. The van der Waals surface area contributed by atoms with Crippen molar-refractivity contribution in [2.75, 3.05) is 13.1 Å². The molecule has 0 saturated carbocycles. The molecule has 0 aliphatic carbocycles. The third-order valence-electron chi connectivity index (χ3n) is 6.10. The van der Waals surface area contributed by atoms with Crippen LogP contribution in [-0.2, 0) is 6.54 Å². The Labute approximate surface area is 175 Å². The second-order valence-electron chi connectivity index (χ2n) is 8.17. The van der Waals surface area contributed by atoms with Gasteiger partial charge in [-0.2, -0.15) is 0 Å². The standard InChI is InChI=1S/C26H24F2N2/c27-21-10-8-19(9-11-21)26-25(23-13-12-22(28)15-24(23)29-26)20-7-4-14-30(17-20)16-18-5-2-1-3-6-18/h1-3,5-6,8-13,15,20,29H,4,7,14,16-17H2. The molecule has 1 aromatic heterocycles. The summed E-state index contributed by atoms with van der Waals surface area (Å²) in [7, 11) is 0. The fraction of sp³-hybridized carbons (Fsp3) is 0.231. The van der Waals surface area contributed by atoms with Crippen LogP contribution in [0.15, 0.2) is 72.8 Å². The highest BCUT2D eigenvalue weighted by Crippen LogP contribution is 2.40. The van der Waals surface area contributed by atoms with Gasteiger partial charge in [-0.1, -0.05) is 30.3 Å². The van der Waals surface area contributed by atoms with Gasteiger partial charge in [0, 0.05) is 24.0 Å². The van der Waals surface area contributed by atoms with Gasteiger partial charge in [0.2, 0.25) is 0 Å². The molecule has 4 heteroatoms. The Balaban J connectivity index is 1.53. The molecule has 1 saturated heterocycles. The molecule has 5 rings (SSSR count). The Bertz CT molecular complexity index is 1150. The van der Waals surface area contributed by atoms with Crippen LogP contribution in [0.5, 0.6) is 0 Å². The van der Waals surface area contributed by atoms with Gasteiger partial charge >= 0.3 is 0 Å². The van der Waals surface area contributed by atoms with E-state index in [4.69, 9.17) is 0 Å². The van der Waals surface area contributed by atoms with E-state index in [1.807, 2.05) is 12.1 Å². The second-order valence-corrected chi connectivity index (χ2v) is 8.17. The molecule has 0 spiro atoms. The zero-order valence-corrected chi connectivity index (χ0v) is 16.7. The van der Waals surface area contributed by atoms with Crippen molar-refractivity contribution in [3.8, 4) is 11.3 Å². The number of nitrogens with one attached hydrogen (secondary N) is 1. The highest BCUT2D eigenvalue weighted by Gasteiger charge is 2.27. The van der Waals surface area contributed by atoms with Crippen molar-refractivity contribution in [3.05, 3.63) is 95.6 Å². The number of aromatic amines is 1. The van der Waals surface area contributed by atoms with Gasteiger partial charge in [0.1, 0.15) is 11.6 Å². The maximum Gasteiger partial charge on any atom is 0.125 e. The molecule has 1 N–H and O–H groups in total. The first kappa shape index (κ1) is 19.0. The van der Waals surface area contributed by atoms with Crippen LogP contribution in [0.1, 0.15) is 29.9 Å². The Morgan fingerprint density at radius 1 is 0.900 bits per heavy atom. The zero-order chi connectivity index (χ0) is 20.5. The van der Waals surface area contributed by atoms with Crippen molar-refractivity contribution in [3.63, 3.8) is 0 Å². The lowest BCUT2D eigenvalue weighted by molar-refractivity contribution is 0.201. The number of aromatic nitrogens is 1. The van der Waals surface area contributed by atoms with E-state index in [0.717, 1.165) is 54.6 Å². The number of benzene rings is 3. The quantitative estimate of drug-likeness (QED) is 0.413. The summed E-state index contributed by atoms with van der Waals surface area (Å²) in [4.78, 5) is 5.92. The summed E-state index contributed by atoms with van der Waals surface area (Å²) in [5.74, 6) is -0.175. The summed E-state index contributed by atoms with van der Waals surface area (Å²) in [5, 5.41) is 1.06. The van der Waals surface area contributed by atoms with Crippen LogP contribution < -0.4 is 0 Å². The van der Waals surface area contributed by atoms with Gasteiger partial charge < -0.3 is 4.98 Å². The molecule has 0 bridgehead atoms. The van der Waals surface area contributed by atoms with E-state index in [-0.39, 0.29) is 11.6 Å². The number of hydrogen-bond donors (Lipinski definition) is 1. The molecule has 2 heterocycles. The van der Waals surface area contributed by atoms with Crippen molar-refractivity contribution in [2.45, 2.75) is 25.3 Å². The number of H-pyrrole nitrogens is 1. The molecule has 1 aliphatic heterocycles. The van der Waals surface area contributed by atoms with E-state index in [9.17, 15) is 8.78 Å². The van der Waals surface area contributed by atoms with Crippen molar-refractivity contribution in [1.29, 1.82) is 0 Å². The number of nitrogens with zero attached hydrogens (tertiary/aromatic N) is 1. The zero-order valence-electron chi connectivity index (χ0n) is 16.7. The van der Waals surface area contributed by atoms with Crippen LogP contribution in [0.3, 0.4) is 0 Å². The number of rotatable bonds is 4. The Hall–Kier alpha value is -2.98. The molecule has 1 atom stereocenters. The molecular weight excluding hydrogens is 378 g/mol. The number of fused-ring (bicyclic) bond motifs is 1. The highest BCUT2D eigenvalue weighted by molar-refractivity contribution is 5.91. The highest BCUT2D eigenvalue weighted by atomic mass is 19.1. The van der Waals surface area contributed by atoms with E-state index in [0.29, 0.717) is 5.92 Å². The molecule has 3 aromatic carbocycles. The summed E-state index contributed by atoms with van der Waals surface area (Å²) in [6.45, 7) is 2.96. The molecule has 4 aromatic rings. The van der Waals surface area contributed by atoms with Gasteiger partial charge in [-0.15, -0.1) is 0 Å². The van der Waals surface area contributed by atoms with Gasteiger partial charge in [0.25, 0.3) is 0 Å². The molecular formula is C26H24F2N2. The van der Waals surface area contributed by atoms with Crippen molar-refractivity contribution in [1.82, 2.24) is 9.88 Å². The summed E-state index contributed by atoms with van der Waals surface area (Å²) in [6.07, 6.45) is 2.21. The fourth-order valence-corrected chi connectivity index (χ4v) is 4.74. The Morgan fingerprint density at radius 3 is 2.47 bits per heavy atom. The Morgan fingerprint density at radius 2 is 1.67 bits per heavy atom. The maximum absolute atomic E-state index is 13.9. The summed E-state index contributed by atoms with van der Waals surface area (Å²) < 4.78 is 27.4. The third-order valence-corrected chi connectivity index (χ3v) is 6.10. The van der Waals surface area contributed by atoms with Gasteiger partial charge in [0.15, 0.2) is 0 Å². The van der Waals surface area contributed by atoms with Crippen LogP contribution in [0.2, 0.25) is 0 Å². The molecule has 2 nitrogen and oxygen atoms in total. The molecule has 0 radical (unpaired) electrons. The van der Waals surface area contributed by atoms with Crippen molar-refractivity contribution in [2.24, 2.45) is 0 Å². The van der Waals surface area contributed by atoms with Gasteiger partial charge in [0.05, 0.1) is 5.69 Å². The number of hydrogen-bond acceptors (Lipinski definition) is 1. The smallest absolute Gasteiger partial charge is 0.125 e. The summed E-state index contributed by atoms with van der Waals surface area (Å²) in [6, 6.07) is 22.0. The Kier molecular flexibility index (Phi) is 5.09. The van der Waals surface area contributed by atoms with Crippen molar-refractivity contribution < 1.29 is 8.78 Å². The molecule has 1 aliphatic rings. The van der Waals surface area contributed by atoms with E-state index < -0.39 is 0 Å². The van der Waals surface area contributed by atoms with E-state index in [2.05, 4.69) is 34.1 Å². The minimum Gasteiger partial charge on any atom is -0.354 e. The number of likely N-dealkylation sites (tertiary alicyclic amines) is 1. The van der Waals surface area contributed by atoms with E-state index in [1.54, 1.807) is 18.2 Å². The minimum atomic E-state index is -0.255. The largest absolute Gasteiger partial charge is 0.354 e. The summed E-state index contributed by atoms with van der Waals surface area (Å²) >= 11 is 0. The van der Waals surface area contributed by atoms with Crippen LogP contribution in [0.4, 0.5) is 8.78 Å². The molecule has 30 heavy (non-hydrogen) atoms. The lowest BCUT2D eigenvalue weighted by Gasteiger charge is -2.33. The number of halogens is 2. The van der Waals surface area contributed by atoms with Gasteiger partial charge in [-0.05, 0) is 84.5 Å². The van der Waals surface area contributed by atoms with E-state index in [1.165, 1.54) is 29.3 Å². The van der Waals surface area contributed by atoms with Crippen LogP contribution in [-0.4, -0.2) is 23.0 Å². The topological polar surface area (TPSA) is 19.0 Å². The van der Waals surface area contributed by atoms with Crippen LogP contribution in [0.25, 0.3) is 22.2 Å². The second kappa shape index (κ2) is 8.04.